The molecule has 0 heterocycles. The first kappa shape index (κ1) is 8.88. The fourth-order valence-corrected chi connectivity index (χ4v) is 2.22. The van der Waals surface area contributed by atoms with Gasteiger partial charge in [-0.15, -0.1) is 0 Å². The van der Waals surface area contributed by atoms with E-state index in [0.29, 0.717) is 0 Å². The number of aromatic carboxylic acids is 1. The van der Waals surface area contributed by atoms with Gasteiger partial charge in [0.15, 0.2) is 0 Å². The number of halogens is 1. The smallest absolute Gasteiger partial charge is 0.335 e. The van der Waals surface area contributed by atoms with Crippen molar-refractivity contribution in [1.82, 2.24) is 5.32 Å². The SMILES string of the molecule is [2H]c1c([2H])c(C(=O)O)c([2H])c(-c2cccc(NC([2H])([2H])C([2H])([2H])NC([2H])([2H])[C@]([2H])(O)c3c([2H])c([2H])c([2H])c(Cl)c3[2H])c2)c1[2H]. The third kappa shape index (κ3) is 6.06. The van der Waals surface area contributed by atoms with E-state index in [2.05, 4.69) is 5.32 Å². The van der Waals surface area contributed by atoms with Crippen LogP contribution in [0.15, 0.2) is 72.6 Å². The summed E-state index contributed by atoms with van der Waals surface area (Å²) in [5.41, 5.74) is -2.72. The molecule has 4 N–H and O–H groups in total. The zero-order chi connectivity index (χ0) is 33.9. The summed E-state index contributed by atoms with van der Waals surface area (Å²) in [4.78, 5) is 11.6. The lowest BCUT2D eigenvalue weighted by Crippen LogP contribution is -2.26. The Hall–Kier alpha value is -2.86. The largest absolute Gasteiger partial charge is 0.478 e. The van der Waals surface area contributed by atoms with Crippen molar-refractivity contribution < 1.29 is 35.6 Å². The van der Waals surface area contributed by atoms with Crippen LogP contribution in [-0.2, 0) is 0 Å². The molecule has 0 unspecified atom stereocenters. The average Bonchev–Trinajstić information content (AvgIpc) is 2.88. The number of aliphatic hydroxyl groups is 1. The lowest BCUT2D eigenvalue weighted by Gasteiger charge is -2.13. The van der Waals surface area contributed by atoms with E-state index >= 15 is 0 Å². The van der Waals surface area contributed by atoms with Gasteiger partial charge in [0.25, 0.3) is 0 Å². The van der Waals surface area contributed by atoms with Gasteiger partial charge in [-0.25, -0.2) is 4.79 Å². The topological polar surface area (TPSA) is 81.6 Å². The van der Waals surface area contributed by atoms with Crippen LogP contribution in [0.3, 0.4) is 0 Å². The van der Waals surface area contributed by atoms with E-state index in [0.717, 1.165) is 6.07 Å². The number of benzene rings is 3. The molecule has 3 rings (SSSR count). The Labute approximate surface area is 196 Å². The van der Waals surface area contributed by atoms with Crippen molar-refractivity contribution in [3.05, 3.63) is 88.8 Å². The van der Waals surface area contributed by atoms with Gasteiger partial charge < -0.3 is 20.8 Å². The summed E-state index contributed by atoms with van der Waals surface area (Å²) in [7, 11) is 0. The summed E-state index contributed by atoms with van der Waals surface area (Å²) in [5, 5.41) is 23.2. The highest BCUT2D eigenvalue weighted by molar-refractivity contribution is 6.30. The van der Waals surface area contributed by atoms with Crippen LogP contribution in [0.5, 0.6) is 0 Å². The molecular formula is C23H23ClN2O3. The first-order valence-electron chi connectivity index (χ1n) is 15.4. The van der Waals surface area contributed by atoms with Gasteiger partial charge in [0.2, 0.25) is 0 Å². The van der Waals surface area contributed by atoms with Gasteiger partial charge in [-0.3, -0.25) is 0 Å². The molecule has 0 amide bonds. The first-order valence-corrected chi connectivity index (χ1v) is 8.29. The molecule has 0 saturated heterocycles. The Bertz CT molecular complexity index is 1640. The van der Waals surface area contributed by atoms with E-state index in [1.54, 1.807) is 5.32 Å². The Morgan fingerprint density at radius 1 is 1.17 bits per heavy atom. The molecule has 150 valence electrons. The van der Waals surface area contributed by atoms with Crippen LogP contribution in [0.2, 0.25) is 5.02 Å². The molecule has 1 atom stereocenters. The fraction of sp³-hybridized carbons (Fsp3) is 0.174. The molecule has 6 heteroatoms. The standard InChI is InChI=1S/C23H23ClN2O3/c24-20-8-2-6-18(13-20)22(27)15-25-10-11-26-21-9-3-5-17(14-21)16-4-1-7-19(12-16)23(28)29/h1-9,12-14,22,25-27H,10-11,15H2,(H,28,29)/t22-/m0/s1/i1D,2D,4D,6D,7D,8D,10D2,11D2,12D,13D,15D2,22D. The number of hydrogen-bond acceptors (Lipinski definition) is 4. The molecule has 0 fully saturated rings. The first-order chi connectivity index (χ1) is 19.9. The predicted molar refractivity (Wildman–Crippen MR) is 117 cm³/mol. The summed E-state index contributed by atoms with van der Waals surface area (Å²) in [5.74, 6) is -1.69. The summed E-state index contributed by atoms with van der Waals surface area (Å²) >= 11 is 5.80. The van der Waals surface area contributed by atoms with Gasteiger partial charge in [0.1, 0.15) is 0 Å². The molecule has 3 aromatic carbocycles. The molecule has 29 heavy (non-hydrogen) atoms. The van der Waals surface area contributed by atoms with E-state index in [1.807, 2.05) is 0 Å². The van der Waals surface area contributed by atoms with Crippen molar-refractivity contribution in [1.29, 1.82) is 0 Å². The summed E-state index contributed by atoms with van der Waals surface area (Å²) in [6.07, 6.45) is -3.72. The second-order valence-corrected chi connectivity index (χ2v) is 5.68. The molecule has 5 nitrogen and oxygen atoms in total. The number of carboxylic acids is 1. The Balaban J connectivity index is 2.02. The highest BCUT2D eigenvalue weighted by atomic mass is 35.5. The van der Waals surface area contributed by atoms with Gasteiger partial charge in [-0.05, 0) is 53.0 Å². The number of carbonyl (C=O) groups is 1. The minimum absolute atomic E-state index is 0.0759. The molecular weight excluding hydrogens is 388 g/mol. The Kier molecular flexibility index (Phi) is 3.08. The minimum atomic E-state index is -3.72. The van der Waals surface area contributed by atoms with Crippen molar-refractivity contribution in [2.45, 2.75) is 6.08 Å². The van der Waals surface area contributed by atoms with Crippen LogP contribution in [0.25, 0.3) is 11.1 Å². The van der Waals surface area contributed by atoms with Crippen LogP contribution in [0.1, 0.15) is 42.6 Å². The third-order valence-electron chi connectivity index (χ3n) is 3.33. The monoisotopic (exact) mass is 425 g/mol. The summed E-state index contributed by atoms with van der Waals surface area (Å²) in [6.45, 7) is -10.5. The zero-order valence-corrected chi connectivity index (χ0v) is 15.2. The van der Waals surface area contributed by atoms with Gasteiger partial charge in [0.05, 0.1) is 26.7 Å². The maximum Gasteiger partial charge on any atom is 0.335 e. The number of rotatable bonds is 9. The van der Waals surface area contributed by atoms with E-state index in [1.165, 1.54) is 18.2 Å². The van der Waals surface area contributed by atoms with E-state index in [9.17, 15) is 15.0 Å². The van der Waals surface area contributed by atoms with Crippen molar-refractivity contribution >= 4 is 23.3 Å². The van der Waals surface area contributed by atoms with Gasteiger partial charge in [-0.2, -0.15) is 0 Å². The lowest BCUT2D eigenvalue weighted by molar-refractivity contribution is 0.0697. The van der Waals surface area contributed by atoms with Crippen LogP contribution in [-0.4, -0.2) is 35.7 Å². The molecule has 0 radical (unpaired) electrons. The molecule has 3 aromatic rings. The number of anilines is 1. The molecule has 0 aliphatic carbocycles. The summed E-state index contributed by atoms with van der Waals surface area (Å²) < 4.78 is 121. The number of nitrogens with one attached hydrogen (secondary N) is 2. The van der Waals surface area contributed by atoms with Crippen LogP contribution in [0, 0.1) is 0 Å². The Morgan fingerprint density at radius 3 is 2.83 bits per heavy atom. The molecule has 0 saturated carbocycles. The fourth-order valence-electron chi connectivity index (χ4n) is 2.07. The molecule has 0 bridgehead atoms. The molecule has 0 aliphatic heterocycles. The lowest BCUT2D eigenvalue weighted by atomic mass is 10.0. The maximum absolute atomic E-state index is 11.6. The Morgan fingerprint density at radius 2 is 2.00 bits per heavy atom. The van der Waals surface area contributed by atoms with E-state index in [4.69, 9.17) is 32.2 Å². The molecule has 0 spiro atoms. The number of carboxylic acid groups (broad SMARTS) is 1. The zero-order valence-electron chi connectivity index (χ0n) is 29.5. The maximum atomic E-state index is 11.6. The summed E-state index contributed by atoms with van der Waals surface area (Å²) in [6, 6.07) is -2.10. The van der Waals surface area contributed by atoms with E-state index in [-0.39, 0.29) is 16.8 Å². The number of hydrogen-bond donors (Lipinski definition) is 4. The van der Waals surface area contributed by atoms with Gasteiger partial charge >= 0.3 is 5.97 Å². The van der Waals surface area contributed by atoms with Crippen molar-refractivity contribution in [3.63, 3.8) is 0 Å². The highest BCUT2D eigenvalue weighted by Gasteiger charge is 2.07. The quantitative estimate of drug-likeness (QED) is 0.407. The van der Waals surface area contributed by atoms with Gasteiger partial charge in [0, 0.05) is 35.7 Å². The minimum Gasteiger partial charge on any atom is -0.478 e. The van der Waals surface area contributed by atoms with Crippen molar-refractivity contribution in [2.24, 2.45) is 0 Å². The second-order valence-electron chi connectivity index (χ2n) is 5.30. The van der Waals surface area contributed by atoms with Crippen LogP contribution in [0.4, 0.5) is 5.69 Å². The van der Waals surface area contributed by atoms with E-state index < -0.39 is 96.0 Å². The second kappa shape index (κ2) is 10.1. The van der Waals surface area contributed by atoms with Crippen LogP contribution >= 0.6 is 11.6 Å². The molecule has 0 aliphatic rings. The van der Waals surface area contributed by atoms with Gasteiger partial charge in [-0.1, -0.05) is 47.9 Å². The molecule has 0 aromatic heterocycles. The average molecular weight is 426 g/mol. The normalized spacial score (nSPS) is 21.8. The van der Waals surface area contributed by atoms with Crippen molar-refractivity contribution in [2.75, 3.05) is 24.8 Å². The predicted octanol–water partition coefficient (Wildman–Crippen LogP) is 4.44. The van der Waals surface area contributed by atoms with Crippen molar-refractivity contribution in [3.8, 4) is 11.1 Å². The third-order valence-corrected chi connectivity index (χ3v) is 3.52. The highest BCUT2D eigenvalue weighted by Crippen LogP contribution is 2.23. The van der Waals surface area contributed by atoms with Crippen LogP contribution < -0.4 is 10.6 Å².